The van der Waals surface area contributed by atoms with Crippen molar-refractivity contribution in [3.63, 3.8) is 0 Å². The number of hydrogen-bond acceptors (Lipinski definition) is 2. The van der Waals surface area contributed by atoms with Crippen LogP contribution in [0.5, 0.6) is 5.75 Å². The number of allylic oxidation sites excluding steroid dienone is 2. The monoisotopic (exact) mass is 314 g/mol. The number of ether oxygens (including phenoxy) is 1. The summed E-state index contributed by atoms with van der Waals surface area (Å²) in [6.45, 7) is 5.14. The summed E-state index contributed by atoms with van der Waals surface area (Å²) < 4.78 is 5.70. The quantitative estimate of drug-likeness (QED) is 0.538. The average Bonchev–Trinajstić information content (AvgIpc) is 2.57. The van der Waals surface area contributed by atoms with Crippen molar-refractivity contribution in [2.24, 2.45) is 5.92 Å². The van der Waals surface area contributed by atoms with Crippen molar-refractivity contribution >= 4 is 11.4 Å². The minimum absolute atomic E-state index is 0.252. The van der Waals surface area contributed by atoms with Crippen LogP contribution >= 0.6 is 0 Å². The average molecular weight is 314 g/mol. The lowest BCUT2D eigenvalue weighted by atomic mass is 9.83. The lowest BCUT2D eigenvalue weighted by Gasteiger charge is -2.21. The maximum Gasteiger partial charge on any atom is 0.159 e. The normalized spacial score (nSPS) is 17.9. The van der Waals surface area contributed by atoms with Crippen LogP contribution in [0.15, 0.2) is 30.3 Å². The van der Waals surface area contributed by atoms with Crippen LogP contribution < -0.4 is 4.74 Å². The highest BCUT2D eigenvalue weighted by Crippen LogP contribution is 2.31. The molecule has 0 heterocycles. The number of rotatable bonds is 9. The molecule has 0 saturated carbocycles. The number of carbonyl (C=O) groups is 1. The Morgan fingerprint density at radius 3 is 2.43 bits per heavy atom. The van der Waals surface area contributed by atoms with Gasteiger partial charge in [0.2, 0.25) is 0 Å². The van der Waals surface area contributed by atoms with Gasteiger partial charge < -0.3 is 4.74 Å². The molecule has 1 aromatic rings. The van der Waals surface area contributed by atoms with Crippen LogP contribution in [-0.2, 0) is 4.79 Å². The highest BCUT2D eigenvalue weighted by atomic mass is 16.5. The Labute approximate surface area is 140 Å². The Hall–Kier alpha value is -1.57. The fraction of sp³-hybridized carbons (Fsp3) is 0.571. The van der Waals surface area contributed by atoms with Gasteiger partial charge >= 0.3 is 0 Å². The van der Waals surface area contributed by atoms with Crippen LogP contribution in [-0.4, -0.2) is 12.4 Å². The molecule has 0 bridgehead atoms. The van der Waals surface area contributed by atoms with Crippen LogP contribution in [0.4, 0.5) is 0 Å². The van der Waals surface area contributed by atoms with Gasteiger partial charge in [0.25, 0.3) is 0 Å². The molecule has 1 aliphatic carbocycles. The first-order chi connectivity index (χ1) is 11.2. The van der Waals surface area contributed by atoms with Gasteiger partial charge in [0, 0.05) is 5.92 Å². The van der Waals surface area contributed by atoms with Crippen LogP contribution in [0.25, 0.3) is 5.57 Å². The van der Waals surface area contributed by atoms with E-state index in [1.54, 1.807) is 0 Å². The maximum atomic E-state index is 12.3. The number of hydrogen-bond donors (Lipinski definition) is 0. The zero-order valence-electron chi connectivity index (χ0n) is 14.6. The van der Waals surface area contributed by atoms with E-state index in [9.17, 15) is 4.79 Å². The Balaban J connectivity index is 1.91. The van der Waals surface area contributed by atoms with E-state index in [1.807, 2.05) is 18.2 Å². The molecule has 0 radical (unpaired) electrons. The Morgan fingerprint density at radius 1 is 1.04 bits per heavy atom. The summed E-state index contributed by atoms with van der Waals surface area (Å²) in [6.07, 6.45) is 10.8. The molecule has 0 fully saturated rings. The predicted octanol–water partition coefficient (Wildman–Crippen LogP) is 5.81. The largest absolute Gasteiger partial charge is 0.494 e. The number of ketones is 1. The third-order valence-electron chi connectivity index (χ3n) is 4.63. The fourth-order valence-electron chi connectivity index (χ4n) is 3.09. The summed E-state index contributed by atoms with van der Waals surface area (Å²) in [7, 11) is 0. The number of unbranched alkanes of at least 4 members (excludes halogenated alkanes) is 3. The van der Waals surface area contributed by atoms with Crippen molar-refractivity contribution in [2.75, 3.05) is 6.61 Å². The molecule has 0 spiro atoms. The standard InChI is InChI=1S/C21H30O2/c1-3-5-7-8-18-9-10-19(16-21(18)22)17-11-13-20(14-12-17)23-15-6-4-2/h11-14,16,18H,3-10,15H2,1-2H3. The van der Waals surface area contributed by atoms with Crippen LogP contribution in [0.1, 0.15) is 70.8 Å². The van der Waals surface area contributed by atoms with E-state index in [-0.39, 0.29) is 5.92 Å². The Morgan fingerprint density at radius 2 is 1.78 bits per heavy atom. The molecule has 2 heteroatoms. The molecule has 126 valence electrons. The van der Waals surface area contributed by atoms with Gasteiger partial charge in [-0.05, 0) is 55.0 Å². The summed E-state index contributed by atoms with van der Waals surface area (Å²) >= 11 is 0. The number of benzene rings is 1. The van der Waals surface area contributed by atoms with Gasteiger partial charge in [-0.3, -0.25) is 4.79 Å². The highest BCUT2D eigenvalue weighted by Gasteiger charge is 2.22. The zero-order chi connectivity index (χ0) is 16.5. The van der Waals surface area contributed by atoms with Gasteiger partial charge in [0.15, 0.2) is 5.78 Å². The van der Waals surface area contributed by atoms with Crippen LogP contribution in [0.3, 0.4) is 0 Å². The van der Waals surface area contributed by atoms with Crippen molar-refractivity contribution in [3.8, 4) is 5.75 Å². The van der Waals surface area contributed by atoms with Gasteiger partial charge in [0.05, 0.1) is 6.61 Å². The SMILES string of the molecule is CCCCCC1CCC(c2ccc(OCCCC)cc2)=CC1=O. The molecular weight excluding hydrogens is 284 g/mol. The van der Waals surface area contributed by atoms with E-state index < -0.39 is 0 Å². The lowest BCUT2D eigenvalue weighted by molar-refractivity contribution is -0.118. The molecular formula is C21H30O2. The third-order valence-corrected chi connectivity index (χ3v) is 4.63. The molecule has 2 rings (SSSR count). The molecule has 1 aromatic carbocycles. The summed E-state index contributed by atoms with van der Waals surface area (Å²) in [5.74, 6) is 1.50. The Kier molecular flexibility index (Phi) is 7.38. The first-order valence-corrected chi connectivity index (χ1v) is 9.22. The number of carbonyl (C=O) groups excluding carboxylic acids is 1. The van der Waals surface area contributed by atoms with E-state index >= 15 is 0 Å². The van der Waals surface area contributed by atoms with Gasteiger partial charge in [-0.1, -0.05) is 51.7 Å². The van der Waals surface area contributed by atoms with Crippen LogP contribution in [0, 0.1) is 5.92 Å². The van der Waals surface area contributed by atoms with E-state index in [0.29, 0.717) is 5.78 Å². The highest BCUT2D eigenvalue weighted by molar-refractivity contribution is 5.99. The second-order valence-electron chi connectivity index (χ2n) is 6.53. The van der Waals surface area contributed by atoms with Crippen LogP contribution in [0.2, 0.25) is 0 Å². The van der Waals surface area contributed by atoms with Gasteiger partial charge in [0.1, 0.15) is 5.75 Å². The van der Waals surface area contributed by atoms with E-state index in [2.05, 4.69) is 26.0 Å². The molecule has 0 aromatic heterocycles. The molecule has 23 heavy (non-hydrogen) atoms. The molecule has 0 N–H and O–H groups in total. The van der Waals surface area contributed by atoms with Gasteiger partial charge in [-0.2, -0.15) is 0 Å². The zero-order valence-corrected chi connectivity index (χ0v) is 14.6. The molecule has 1 unspecified atom stereocenters. The van der Waals surface area contributed by atoms with E-state index in [4.69, 9.17) is 4.74 Å². The first-order valence-electron chi connectivity index (χ1n) is 9.22. The fourth-order valence-corrected chi connectivity index (χ4v) is 3.09. The molecule has 0 aliphatic heterocycles. The van der Waals surface area contributed by atoms with Crippen molar-refractivity contribution in [2.45, 2.75) is 65.2 Å². The Bertz CT molecular complexity index is 513. The van der Waals surface area contributed by atoms with E-state index in [0.717, 1.165) is 50.0 Å². The summed E-state index contributed by atoms with van der Waals surface area (Å²) in [4.78, 5) is 12.3. The van der Waals surface area contributed by atoms with Crippen molar-refractivity contribution in [3.05, 3.63) is 35.9 Å². The second kappa shape index (κ2) is 9.54. The maximum absolute atomic E-state index is 12.3. The summed E-state index contributed by atoms with van der Waals surface area (Å²) in [6, 6.07) is 8.20. The van der Waals surface area contributed by atoms with E-state index in [1.165, 1.54) is 24.8 Å². The molecule has 1 aliphatic rings. The third kappa shape index (κ3) is 5.53. The molecule has 0 amide bonds. The smallest absolute Gasteiger partial charge is 0.159 e. The van der Waals surface area contributed by atoms with Crippen molar-refractivity contribution < 1.29 is 9.53 Å². The predicted molar refractivity (Wildman–Crippen MR) is 96.7 cm³/mol. The summed E-state index contributed by atoms with van der Waals surface area (Å²) in [5, 5.41) is 0. The second-order valence-corrected chi connectivity index (χ2v) is 6.53. The van der Waals surface area contributed by atoms with Crippen molar-refractivity contribution in [1.29, 1.82) is 0 Å². The summed E-state index contributed by atoms with van der Waals surface area (Å²) in [5.41, 5.74) is 2.34. The first kappa shape index (κ1) is 17.8. The minimum Gasteiger partial charge on any atom is -0.494 e. The molecule has 1 atom stereocenters. The molecule has 0 saturated heterocycles. The molecule has 2 nitrogen and oxygen atoms in total. The van der Waals surface area contributed by atoms with Crippen molar-refractivity contribution in [1.82, 2.24) is 0 Å². The lowest BCUT2D eigenvalue weighted by Crippen LogP contribution is -2.17. The topological polar surface area (TPSA) is 26.3 Å². The van der Waals surface area contributed by atoms with Gasteiger partial charge in [-0.15, -0.1) is 0 Å². The van der Waals surface area contributed by atoms with Gasteiger partial charge in [-0.25, -0.2) is 0 Å². The minimum atomic E-state index is 0.252.